The molecule has 0 bridgehead atoms. The third-order valence-electron chi connectivity index (χ3n) is 7.45. The van der Waals surface area contributed by atoms with E-state index in [1.807, 2.05) is 57.0 Å². The largest absolute Gasteiger partial charge is 0.474 e. The molecule has 5 rings (SSSR count). The lowest BCUT2D eigenvalue weighted by Crippen LogP contribution is -2.41. The van der Waals surface area contributed by atoms with Crippen LogP contribution >= 0.6 is 0 Å². The summed E-state index contributed by atoms with van der Waals surface area (Å²) in [7, 11) is 1.87. The second kappa shape index (κ2) is 11.3. The molecule has 1 aromatic carbocycles. The van der Waals surface area contributed by atoms with Gasteiger partial charge in [-0.2, -0.15) is 0 Å². The number of hydrogen-bond donors (Lipinski definition) is 4. The number of carbonyl (C=O) groups is 2. The quantitative estimate of drug-likeness (QED) is 0.354. The minimum absolute atomic E-state index is 0.0280. The van der Waals surface area contributed by atoms with Crippen molar-refractivity contribution in [3.63, 3.8) is 0 Å². The molecule has 0 spiro atoms. The first-order valence-corrected chi connectivity index (χ1v) is 13.5. The van der Waals surface area contributed by atoms with Gasteiger partial charge in [-0.25, -0.2) is 4.98 Å². The van der Waals surface area contributed by atoms with Crippen molar-refractivity contribution in [2.24, 2.45) is 5.92 Å². The summed E-state index contributed by atoms with van der Waals surface area (Å²) >= 11 is 0. The highest BCUT2D eigenvalue weighted by molar-refractivity contribution is 6.08. The second-order valence-corrected chi connectivity index (χ2v) is 10.5. The molecule has 40 heavy (non-hydrogen) atoms. The number of anilines is 5. The fourth-order valence-corrected chi connectivity index (χ4v) is 5.13. The molecule has 1 saturated heterocycles. The molecule has 0 saturated carbocycles. The zero-order valence-corrected chi connectivity index (χ0v) is 23.2. The summed E-state index contributed by atoms with van der Waals surface area (Å²) in [5.41, 5.74) is 3.72. The Morgan fingerprint density at radius 2 is 1.95 bits per heavy atom. The van der Waals surface area contributed by atoms with Gasteiger partial charge >= 0.3 is 0 Å². The Hall–Kier alpha value is -4.54. The lowest BCUT2D eigenvalue weighted by Gasteiger charge is -2.27. The molecule has 3 aromatic rings. The summed E-state index contributed by atoms with van der Waals surface area (Å²) < 4.78 is 5.59. The lowest BCUT2D eigenvalue weighted by atomic mass is 10.1. The molecule has 11 nitrogen and oxygen atoms in total. The van der Waals surface area contributed by atoms with E-state index in [9.17, 15) is 14.4 Å². The van der Waals surface area contributed by atoms with Crippen LogP contribution < -0.4 is 31.1 Å². The Morgan fingerprint density at radius 3 is 2.70 bits per heavy atom. The number of fused-ring (bicyclic) bond motifs is 1. The van der Waals surface area contributed by atoms with Crippen LogP contribution in [-0.2, 0) is 4.79 Å². The first-order valence-electron chi connectivity index (χ1n) is 13.5. The SMILES string of the molecule is Cc1c(Nc2cc[nH]c(=O)c2C(=O)Nc2ccc(N3CCC(N(C)C(=O)C(C)C)C3)cc2)cnc2c1NCCO2. The number of carbonyl (C=O) groups excluding carboxylic acids is 2. The molecule has 210 valence electrons. The minimum atomic E-state index is -0.530. The molecular formula is C29H35N7O4. The summed E-state index contributed by atoms with van der Waals surface area (Å²) in [5.74, 6) is 0.123. The van der Waals surface area contributed by atoms with Gasteiger partial charge in [0.05, 0.1) is 23.6 Å². The maximum Gasteiger partial charge on any atom is 0.263 e. The molecule has 2 aliphatic rings. The Morgan fingerprint density at radius 1 is 1.18 bits per heavy atom. The topological polar surface area (TPSA) is 132 Å². The Kier molecular flexibility index (Phi) is 7.63. The number of likely N-dealkylation sites (N-methyl/N-ethyl adjacent to an activating group) is 1. The Bertz CT molecular complexity index is 1470. The summed E-state index contributed by atoms with van der Waals surface area (Å²) in [6, 6.07) is 9.32. The molecule has 0 radical (unpaired) electrons. The number of benzene rings is 1. The highest BCUT2D eigenvalue weighted by Crippen LogP contribution is 2.34. The molecule has 1 unspecified atom stereocenters. The van der Waals surface area contributed by atoms with Crippen LogP contribution in [0, 0.1) is 12.8 Å². The van der Waals surface area contributed by atoms with Crippen molar-refractivity contribution in [1.29, 1.82) is 0 Å². The molecule has 2 amide bonds. The predicted molar refractivity (Wildman–Crippen MR) is 156 cm³/mol. The smallest absolute Gasteiger partial charge is 0.263 e. The van der Waals surface area contributed by atoms with Crippen molar-refractivity contribution >= 4 is 40.3 Å². The Balaban J connectivity index is 1.28. The van der Waals surface area contributed by atoms with Crippen LogP contribution in [0.2, 0.25) is 0 Å². The third kappa shape index (κ3) is 5.45. The van der Waals surface area contributed by atoms with Crippen molar-refractivity contribution < 1.29 is 14.3 Å². The van der Waals surface area contributed by atoms with Gasteiger partial charge in [-0.15, -0.1) is 0 Å². The highest BCUT2D eigenvalue weighted by atomic mass is 16.5. The van der Waals surface area contributed by atoms with Crippen LogP contribution in [0.1, 0.15) is 36.2 Å². The van der Waals surface area contributed by atoms with E-state index in [-0.39, 0.29) is 23.4 Å². The number of hydrogen-bond acceptors (Lipinski definition) is 8. The van der Waals surface area contributed by atoms with Crippen LogP contribution in [-0.4, -0.2) is 66.0 Å². The molecule has 1 fully saturated rings. The summed E-state index contributed by atoms with van der Waals surface area (Å²) in [6.45, 7) is 8.57. The normalized spacial score (nSPS) is 16.1. The highest BCUT2D eigenvalue weighted by Gasteiger charge is 2.29. The van der Waals surface area contributed by atoms with Gasteiger partial charge in [0.2, 0.25) is 11.8 Å². The molecule has 2 aliphatic heterocycles. The third-order valence-corrected chi connectivity index (χ3v) is 7.45. The average molecular weight is 546 g/mol. The maximum atomic E-state index is 13.3. The molecular weight excluding hydrogens is 510 g/mol. The fourth-order valence-electron chi connectivity index (χ4n) is 5.13. The summed E-state index contributed by atoms with van der Waals surface area (Å²) in [4.78, 5) is 49.4. The number of H-pyrrole nitrogens is 1. The van der Waals surface area contributed by atoms with E-state index in [2.05, 4.69) is 30.8 Å². The molecule has 1 atom stereocenters. The molecule has 2 aromatic heterocycles. The zero-order chi connectivity index (χ0) is 28.4. The van der Waals surface area contributed by atoms with Crippen LogP contribution in [0.3, 0.4) is 0 Å². The van der Waals surface area contributed by atoms with Gasteiger partial charge in [0, 0.05) is 55.7 Å². The number of rotatable bonds is 7. The van der Waals surface area contributed by atoms with Crippen molar-refractivity contribution in [3.8, 4) is 5.88 Å². The minimum Gasteiger partial charge on any atom is -0.474 e. The van der Waals surface area contributed by atoms with E-state index in [1.165, 1.54) is 6.20 Å². The standard InChI is InChI=1S/C29H35N7O4/c1-17(2)29(39)35(4)21-10-13-36(16-21)20-7-5-19(6-8-20)33-27(38)24-22(9-11-31-26(24)37)34-23-15-32-28-25(18(23)3)30-12-14-40-28/h5-9,11,15,17,21,30H,10,12-14,16H2,1-4H3,(H,33,38)(H2,31,34,37). The van der Waals surface area contributed by atoms with Gasteiger partial charge in [-0.3, -0.25) is 14.4 Å². The second-order valence-electron chi connectivity index (χ2n) is 10.5. The van der Waals surface area contributed by atoms with Crippen molar-refractivity contribution in [2.75, 3.05) is 54.1 Å². The van der Waals surface area contributed by atoms with Gasteiger partial charge in [0.25, 0.3) is 11.5 Å². The van der Waals surface area contributed by atoms with Crippen molar-refractivity contribution in [3.05, 3.63) is 64.2 Å². The number of nitrogens with zero attached hydrogens (tertiary/aromatic N) is 3. The first-order chi connectivity index (χ1) is 19.2. The van der Waals surface area contributed by atoms with E-state index in [1.54, 1.807) is 12.3 Å². The average Bonchev–Trinajstić information content (AvgIpc) is 3.44. The lowest BCUT2D eigenvalue weighted by molar-refractivity contribution is -0.134. The van der Waals surface area contributed by atoms with E-state index in [4.69, 9.17) is 4.74 Å². The number of pyridine rings is 2. The van der Waals surface area contributed by atoms with Crippen molar-refractivity contribution in [2.45, 2.75) is 33.2 Å². The molecule has 0 aliphatic carbocycles. The summed E-state index contributed by atoms with van der Waals surface area (Å²) in [5, 5.41) is 9.33. The van der Waals surface area contributed by atoms with E-state index < -0.39 is 11.5 Å². The maximum absolute atomic E-state index is 13.3. The number of amides is 2. The molecule has 11 heteroatoms. The van der Waals surface area contributed by atoms with E-state index >= 15 is 0 Å². The number of ether oxygens (including phenoxy) is 1. The number of aromatic amines is 1. The number of aromatic nitrogens is 2. The van der Waals surface area contributed by atoms with Crippen molar-refractivity contribution in [1.82, 2.24) is 14.9 Å². The van der Waals surface area contributed by atoms with Crippen LogP contribution in [0.15, 0.2) is 47.5 Å². The zero-order valence-electron chi connectivity index (χ0n) is 23.2. The van der Waals surface area contributed by atoms with E-state index in [0.717, 1.165) is 36.4 Å². The van der Waals surface area contributed by atoms with Gasteiger partial charge < -0.3 is 35.5 Å². The van der Waals surface area contributed by atoms with Gasteiger partial charge in [-0.1, -0.05) is 13.8 Å². The van der Waals surface area contributed by atoms with Crippen LogP contribution in [0.25, 0.3) is 0 Å². The monoisotopic (exact) mass is 545 g/mol. The first kappa shape index (κ1) is 27.0. The predicted octanol–water partition coefficient (Wildman–Crippen LogP) is 3.57. The fraction of sp³-hybridized carbons (Fsp3) is 0.379. The molecule has 4 N–H and O–H groups in total. The van der Waals surface area contributed by atoms with Crippen LogP contribution in [0.5, 0.6) is 5.88 Å². The van der Waals surface area contributed by atoms with Gasteiger partial charge in [0.15, 0.2) is 0 Å². The van der Waals surface area contributed by atoms with Crippen LogP contribution in [0.4, 0.5) is 28.4 Å². The number of nitrogens with one attached hydrogen (secondary N) is 4. The Labute approximate surface area is 232 Å². The van der Waals surface area contributed by atoms with Gasteiger partial charge in [0.1, 0.15) is 17.9 Å². The van der Waals surface area contributed by atoms with E-state index in [0.29, 0.717) is 36.1 Å². The summed E-state index contributed by atoms with van der Waals surface area (Å²) in [6.07, 6.45) is 4.03. The molecule has 4 heterocycles. The van der Waals surface area contributed by atoms with Gasteiger partial charge in [-0.05, 0) is 43.7 Å².